The number of rotatable bonds is 2. The molecule has 18 heavy (non-hydrogen) atoms. The normalized spacial score (nSPS) is 10.1. The Labute approximate surface area is 108 Å². The molecule has 0 saturated heterocycles. The van der Waals surface area contributed by atoms with Gasteiger partial charge in [0, 0.05) is 4.90 Å². The average molecular weight is 261 g/mol. The van der Waals surface area contributed by atoms with Crippen LogP contribution in [0.4, 0.5) is 8.78 Å². The lowest BCUT2D eigenvalue weighted by Crippen LogP contribution is -1.87. The maximum Gasteiger partial charge on any atom is 0.137 e. The molecule has 0 fully saturated rings. The molecule has 0 spiro atoms. The molecule has 0 aliphatic carbocycles. The highest BCUT2D eigenvalue weighted by Gasteiger charge is 2.09. The van der Waals surface area contributed by atoms with Crippen LogP contribution in [0, 0.1) is 29.9 Å². The van der Waals surface area contributed by atoms with E-state index in [2.05, 4.69) is 0 Å². The van der Waals surface area contributed by atoms with Crippen LogP contribution in [0.1, 0.15) is 11.1 Å². The molecule has 90 valence electrons. The van der Waals surface area contributed by atoms with Crippen LogP contribution < -0.4 is 0 Å². The first-order chi connectivity index (χ1) is 8.60. The summed E-state index contributed by atoms with van der Waals surface area (Å²) in [5.41, 5.74) is 1.42. The first-order valence-corrected chi connectivity index (χ1v) is 6.05. The van der Waals surface area contributed by atoms with Crippen molar-refractivity contribution in [2.75, 3.05) is 0 Å². The molecule has 0 unspecified atom stereocenters. The summed E-state index contributed by atoms with van der Waals surface area (Å²) in [6.07, 6.45) is 0. The summed E-state index contributed by atoms with van der Waals surface area (Å²) in [5.74, 6) is -0.989. The highest BCUT2D eigenvalue weighted by molar-refractivity contribution is 7.99. The Kier molecular flexibility index (Phi) is 3.63. The van der Waals surface area contributed by atoms with Gasteiger partial charge < -0.3 is 0 Å². The molecule has 0 N–H and O–H groups in total. The molecule has 0 bridgehead atoms. The number of benzene rings is 2. The van der Waals surface area contributed by atoms with E-state index in [1.165, 1.54) is 0 Å². The molecule has 2 aromatic carbocycles. The Hall–Kier alpha value is -1.86. The smallest absolute Gasteiger partial charge is 0.137 e. The van der Waals surface area contributed by atoms with E-state index in [1.54, 1.807) is 12.1 Å². The number of hydrogen-bond acceptors (Lipinski definition) is 2. The minimum absolute atomic E-state index is 0.178. The molecular weight excluding hydrogens is 252 g/mol. The molecule has 0 radical (unpaired) electrons. The summed E-state index contributed by atoms with van der Waals surface area (Å²) < 4.78 is 26.6. The van der Waals surface area contributed by atoms with Crippen LogP contribution in [0.25, 0.3) is 0 Å². The van der Waals surface area contributed by atoms with Crippen molar-refractivity contribution in [2.45, 2.75) is 16.7 Å². The van der Waals surface area contributed by atoms with Gasteiger partial charge in [0.1, 0.15) is 17.7 Å². The lowest BCUT2D eigenvalue weighted by Gasteiger charge is -2.06. The zero-order chi connectivity index (χ0) is 13.1. The second-order valence-electron chi connectivity index (χ2n) is 3.79. The monoisotopic (exact) mass is 261 g/mol. The van der Waals surface area contributed by atoms with Crippen molar-refractivity contribution in [3.63, 3.8) is 0 Å². The second kappa shape index (κ2) is 5.19. The maximum absolute atomic E-state index is 13.5. The molecule has 0 aromatic heterocycles. The fraction of sp³-hybridized carbons (Fsp3) is 0.0714. The molecule has 4 heteroatoms. The molecule has 0 heterocycles. The third-order valence-electron chi connectivity index (χ3n) is 2.37. The van der Waals surface area contributed by atoms with E-state index < -0.39 is 11.6 Å². The lowest BCUT2D eigenvalue weighted by atomic mass is 10.2. The molecular formula is C14H9F2NS. The van der Waals surface area contributed by atoms with Crippen LogP contribution in [0.15, 0.2) is 46.2 Å². The highest BCUT2D eigenvalue weighted by Crippen LogP contribution is 2.33. The molecule has 1 nitrogen and oxygen atoms in total. The van der Waals surface area contributed by atoms with Crippen LogP contribution >= 0.6 is 11.8 Å². The minimum atomic E-state index is -0.495. The van der Waals surface area contributed by atoms with Crippen LogP contribution in [0.3, 0.4) is 0 Å². The van der Waals surface area contributed by atoms with Gasteiger partial charge in [0.05, 0.1) is 10.5 Å². The highest BCUT2D eigenvalue weighted by atomic mass is 32.2. The van der Waals surface area contributed by atoms with E-state index >= 15 is 0 Å². The van der Waals surface area contributed by atoms with Gasteiger partial charge in [-0.15, -0.1) is 0 Å². The summed E-state index contributed by atoms with van der Waals surface area (Å²) in [6, 6.07) is 10.6. The van der Waals surface area contributed by atoms with Crippen molar-refractivity contribution in [3.8, 4) is 6.07 Å². The number of nitriles is 1. The van der Waals surface area contributed by atoms with Gasteiger partial charge in [-0.2, -0.15) is 5.26 Å². The van der Waals surface area contributed by atoms with E-state index in [1.807, 2.05) is 19.1 Å². The number of halogens is 2. The summed E-state index contributed by atoms with van der Waals surface area (Å²) in [4.78, 5) is 0.805. The van der Waals surface area contributed by atoms with Gasteiger partial charge in [-0.1, -0.05) is 17.8 Å². The van der Waals surface area contributed by atoms with Crippen molar-refractivity contribution >= 4 is 11.8 Å². The first kappa shape index (κ1) is 12.6. The molecule has 0 atom stereocenters. The number of aryl methyl sites for hydroxylation is 1. The van der Waals surface area contributed by atoms with E-state index in [0.717, 1.165) is 35.5 Å². The standard InChI is InChI=1S/C14H9F2NS/c1-9-2-3-10(8-17)13(6-9)18-14-7-11(15)4-5-12(14)16/h2-7H,1H3. The zero-order valence-electron chi connectivity index (χ0n) is 9.58. The van der Waals surface area contributed by atoms with E-state index in [0.29, 0.717) is 10.5 Å². The van der Waals surface area contributed by atoms with Gasteiger partial charge in [-0.05, 0) is 42.8 Å². The van der Waals surface area contributed by atoms with E-state index in [9.17, 15) is 8.78 Å². The molecule has 0 aliphatic heterocycles. The Morgan fingerprint density at radius 2 is 1.83 bits per heavy atom. The van der Waals surface area contributed by atoms with Gasteiger partial charge in [0.2, 0.25) is 0 Å². The Bertz CT molecular complexity index is 632. The summed E-state index contributed by atoms with van der Waals surface area (Å²) in [5, 5.41) is 8.98. The maximum atomic E-state index is 13.5. The average Bonchev–Trinajstić information content (AvgIpc) is 2.34. The van der Waals surface area contributed by atoms with E-state index in [-0.39, 0.29) is 4.90 Å². The van der Waals surface area contributed by atoms with Gasteiger partial charge >= 0.3 is 0 Å². The molecule has 2 aromatic rings. The number of hydrogen-bond donors (Lipinski definition) is 0. The Morgan fingerprint density at radius 1 is 1.06 bits per heavy atom. The second-order valence-corrected chi connectivity index (χ2v) is 4.87. The third kappa shape index (κ3) is 2.69. The van der Waals surface area contributed by atoms with Crippen molar-refractivity contribution in [2.24, 2.45) is 0 Å². The molecule has 0 amide bonds. The predicted molar refractivity (Wildman–Crippen MR) is 66.4 cm³/mol. The van der Waals surface area contributed by atoms with Crippen LogP contribution in [-0.2, 0) is 0 Å². The minimum Gasteiger partial charge on any atom is -0.207 e. The largest absolute Gasteiger partial charge is 0.207 e. The Morgan fingerprint density at radius 3 is 2.56 bits per heavy atom. The summed E-state index contributed by atoms with van der Waals surface area (Å²) in [6.45, 7) is 1.88. The van der Waals surface area contributed by atoms with Crippen LogP contribution in [0.5, 0.6) is 0 Å². The fourth-order valence-electron chi connectivity index (χ4n) is 1.48. The molecule has 2 rings (SSSR count). The SMILES string of the molecule is Cc1ccc(C#N)c(Sc2cc(F)ccc2F)c1. The van der Waals surface area contributed by atoms with Crippen LogP contribution in [0.2, 0.25) is 0 Å². The van der Waals surface area contributed by atoms with Gasteiger partial charge in [-0.3, -0.25) is 0 Å². The topological polar surface area (TPSA) is 23.8 Å². The van der Waals surface area contributed by atoms with Gasteiger partial charge in [-0.25, -0.2) is 8.78 Å². The van der Waals surface area contributed by atoms with E-state index in [4.69, 9.17) is 5.26 Å². The first-order valence-electron chi connectivity index (χ1n) is 5.24. The van der Waals surface area contributed by atoms with Crippen molar-refractivity contribution in [1.82, 2.24) is 0 Å². The fourth-order valence-corrected chi connectivity index (χ4v) is 2.52. The third-order valence-corrected chi connectivity index (χ3v) is 3.46. The Balaban J connectivity index is 2.43. The van der Waals surface area contributed by atoms with Gasteiger partial charge in [0.15, 0.2) is 0 Å². The summed E-state index contributed by atoms with van der Waals surface area (Å²) in [7, 11) is 0. The van der Waals surface area contributed by atoms with Crippen LogP contribution in [-0.4, -0.2) is 0 Å². The zero-order valence-corrected chi connectivity index (χ0v) is 10.4. The number of nitrogens with zero attached hydrogens (tertiary/aromatic N) is 1. The van der Waals surface area contributed by atoms with Crippen molar-refractivity contribution in [1.29, 1.82) is 5.26 Å². The summed E-state index contributed by atoms with van der Waals surface area (Å²) >= 11 is 1.06. The lowest BCUT2D eigenvalue weighted by molar-refractivity contribution is 0.577. The predicted octanol–water partition coefficient (Wildman–Crippen LogP) is 4.30. The molecule has 0 saturated carbocycles. The molecule has 0 aliphatic rings. The van der Waals surface area contributed by atoms with Gasteiger partial charge in [0.25, 0.3) is 0 Å². The quantitative estimate of drug-likeness (QED) is 0.805. The van der Waals surface area contributed by atoms with Crippen molar-refractivity contribution < 1.29 is 8.78 Å². The van der Waals surface area contributed by atoms with Crippen molar-refractivity contribution in [3.05, 3.63) is 59.2 Å².